The largest absolute Gasteiger partial charge is 0.488 e. The third kappa shape index (κ3) is 16.6. The average molecular weight is 709 g/mol. The van der Waals surface area contributed by atoms with E-state index in [1.165, 1.54) is 11.0 Å². The Balaban J connectivity index is 0.000000308. The highest BCUT2D eigenvalue weighted by Crippen LogP contribution is 2.25. The van der Waals surface area contributed by atoms with Crippen molar-refractivity contribution in [2.75, 3.05) is 13.3 Å². The molecule has 3 heterocycles. The molecule has 3 aromatic rings. The molecule has 49 heavy (non-hydrogen) atoms. The number of allylic oxidation sites excluding steroid dienone is 1. The van der Waals surface area contributed by atoms with E-state index in [9.17, 15) is 24.0 Å². The molecule has 16 heteroatoms. The Hall–Kier alpha value is -5.00. The van der Waals surface area contributed by atoms with Gasteiger partial charge in [-0.3, -0.25) is 24.4 Å². The summed E-state index contributed by atoms with van der Waals surface area (Å²) in [5, 5.41) is 27.2. The number of nitrogens with one attached hydrogen (secondary N) is 1. The maximum Gasteiger partial charge on any atom is 0.488 e. The smallest absolute Gasteiger partial charge is 0.423 e. The highest BCUT2D eigenvalue weighted by Gasteiger charge is 2.26. The Bertz CT molecular complexity index is 1620. The molecule has 13 nitrogen and oxygen atoms in total. The zero-order chi connectivity index (χ0) is 36.9. The predicted octanol–water partition coefficient (Wildman–Crippen LogP) is 3.16. The summed E-state index contributed by atoms with van der Waals surface area (Å²) in [7, 11) is 3.74. The SMILES string of the molecule is C=C1C=CC(=O)N1C.CC(=O)ON1C(=O)C=CC1=O.CSSc1ccccn1.Cc1cccc(B(O)O)c1.Cc1cccc(C(=O)NO)c1. The first kappa shape index (κ1) is 42.0. The zero-order valence-electron chi connectivity index (χ0n) is 27.5. The van der Waals surface area contributed by atoms with Gasteiger partial charge in [0.15, 0.2) is 0 Å². The van der Waals surface area contributed by atoms with Crippen molar-refractivity contribution in [1.29, 1.82) is 0 Å². The Labute approximate surface area is 292 Å². The molecule has 258 valence electrons. The molecule has 0 saturated carbocycles. The maximum atomic E-state index is 10.8. The van der Waals surface area contributed by atoms with E-state index in [1.54, 1.807) is 82.8 Å². The van der Waals surface area contributed by atoms with Crippen LogP contribution < -0.4 is 10.9 Å². The van der Waals surface area contributed by atoms with Crippen molar-refractivity contribution in [3.8, 4) is 0 Å². The van der Waals surface area contributed by atoms with Crippen molar-refractivity contribution in [2.24, 2.45) is 0 Å². The fourth-order valence-corrected chi connectivity index (χ4v) is 4.52. The summed E-state index contributed by atoms with van der Waals surface area (Å²) in [6.45, 7) is 8.51. The molecule has 2 aliphatic heterocycles. The number of benzene rings is 2. The molecule has 0 spiro atoms. The van der Waals surface area contributed by atoms with Gasteiger partial charge in [0.25, 0.3) is 23.6 Å². The van der Waals surface area contributed by atoms with Crippen LogP contribution in [0.3, 0.4) is 0 Å². The van der Waals surface area contributed by atoms with Gasteiger partial charge in [0.2, 0.25) is 0 Å². The first-order chi connectivity index (χ1) is 23.2. The van der Waals surface area contributed by atoms with E-state index in [0.717, 1.165) is 40.9 Å². The lowest BCUT2D eigenvalue weighted by molar-refractivity contribution is -0.194. The van der Waals surface area contributed by atoms with Gasteiger partial charge in [0.05, 0.1) is 0 Å². The van der Waals surface area contributed by atoms with E-state index < -0.39 is 30.8 Å². The Kier molecular flexibility index (Phi) is 19.3. The highest BCUT2D eigenvalue weighted by atomic mass is 33.1. The van der Waals surface area contributed by atoms with Crippen LogP contribution in [0.2, 0.25) is 0 Å². The number of hydrogen-bond acceptors (Lipinski definition) is 12. The van der Waals surface area contributed by atoms with Crippen LogP contribution in [0, 0.1) is 13.8 Å². The summed E-state index contributed by atoms with van der Waals surface area (Å²) < 4.78 is 0. The number of rotatable bonds is 5. The maximum absolute atomic E-state index is 10.8. The van der Waals surface area contributed by atoms with Gasteiger partial charge in [0.1, 0.15) is 5.03 Å². The average Bonchev–Trinajstić information content (AvgIpc) is 3.55. The number of hydrogen-bond donors (Lipinski definition) is 4. The van der Waals surface area contributed by atoms with Gasteiger partial charge in [-0.15, -0.1) is 0 Å². The minimum atomic E-state index is -1.35. The summed E-state index contributed by atoms with van der Waals surface area (Å²) in [5.41, 5.74) is 5.36. The number of amides is 4. The quantitative estimate of drug-likeness (QED) is 0.0999. The van der Waals surface area contributed by atoms with E-state index in [-0.39, 0.29) is 5.91 Å². The lowest BCUT2D eigenvalue weighted by Crippen LogP contribution is -2.31. The lowest BCUT2D eigenvalue weighted by atomic mass is 9.80. The predicted molar refractivity (Wildman–Crippen MR) is 189 cm³/mol. The fraction of sp³-hybridized carbons (Fsp3) is 0.152. The number of carbonyl (C=O) groups is 5. The standard InChI is InChI=1S/C8H9NO2.C7H9BO2.C6H5NO4.C6H7NO.C6H7NS2/c1-6-3-2-4-7(5-6)8(10)9-11;1-6-3-2-4-7(5-6)8(9)10;1-4(8)11-7-5(9)2-3-6(7)10;1-5-3-4-6(8)7(5)2;1-8-9-6-4-2-3-5-7-6/h2-5,11H,1H3,(H,9,10);2-5,9-10H,1H3;2-3H,1H3;3-4H,1H2,2H3;2-5H,1H3. The number of likely N-dealkylation sites (N-methyl/N-ethyl adjacent to an activating group) is 1. The Morgan fingerprint density at radius 2 is 1.47 bits per heavy atom. The number of carbonyl (C=O) groups excluding carboxylic acids is 5. The van der Waals surface area contributed by atoms with Gasteiger partial charge < -0.3 is 19.8 Å². The van der Waals surface area contributed by atoms with Gasteiger partial charge in [0, 0.05) is 49.7 Å². The third-order valence-corrected chi connectivity index (χ3v) is 7.29. The zero-order valence-corrected chi connectivity index (χ0v) is 29.1. The van der Waals surface area contributed by atoms with Gasteiger partial charge in [-0.25, -0.2) is 15.3 Å². The summed E-state index contributed by atoms with van der Waals surface area (Å²) in [6, 6.07) is 20.0. The molecule has 0 fully saturated rings. The summed E-state index contributed by atoms with van der Waals surface area (Å²) in [4.78, 5) is 62.9. The number of nitrogens with zero attached hydrogens (tertiary/aromatic N) is 3. The molecule has 2 aromatic carbocycles. The van der Waals surface area contributed by atoms with Crippen molar-refractivity contribution < 1.29 is 44.1 Å². The van der Waals surface area contributed by atoms with Crippen molar-refractivity contribution in [3.05, 3.63) is 126 Å². The van der Waals surface area contributed by atoms with Crippen LogP contribution in [0.4, 0.5) is 0 Å². The van der Waals surface area contributed by atoms with Crippen LogP contribution in [0.15, 0.2) is 115 Å². The molecule has 1 aromatic heterocycles. The molecule has 0 bridgehead atoms. The first-order valence-corrected chi connectivity index (χ1v) is 16.7. The number of imide groups is 1. The van der Waals surface area contributed by atoms with Crippen molar-refractivity contribution >= 4 is 63.8 Å². The third-order valence-electron chi connectivity index (χ3n) is 5.70. The molecule has 0 atom stereocenters. The molecule has 0 unspecified atom stereocenters. The molecule has 4 amide bonds. The lowest BCUT2D eigenvalue weighted by Gasteiger charge is -2.09. The van der Waals surface area contributed by atoms with E-state index in [0.29, 0.717) is 16.1 Å². The topological polar surface area (TPSA) is 187 Å². The number of aryl methyl sites for hydroxylation is 2. The normalized spacial score (nSPS) is 12.3. The second kappa shape index (κ2) is 22.6. The number of pyridine rings is 1. The minimum absolute atomic E-state index is 0.00926. The van der Waals surface area contributed by atoms with Crippen LogP contribution in [-0.4, -0.2) is 80.2 Å². The Morgan fingerprint density at radius 3 is 1.86 bits per heavy atom. The molecular formula is C33H37BN4O9S2. The molecule has 5 rings (SSSR count). The van der Waals surface area contributed by atoms with Crippen molar-refractivity contribution in [2.45, 2.75) is 25.8 Å². The second-order valence-corrected chi connectivity index (χ2v) is 12.0. The van der Waals surface area contributed by atoms with E-state index in [4.69, 9.17) is 15.3 Å². The summed E-state index contributed by atoms with van der Waals surface area (Å²) in [6.07, 6.45) is 9.11. The van der Waals surface area contributed by atoms with E-state index in [1.807, 2.05) is 50.4 Å². The molecule has 2 aliphatic rings. The van der Waals surface area contributed by atoms with Crippen LogP contribution in [0.1, 0.15) is 28.4 Å². The van der Waals surface area contributed by atoms with E-state index in [2.05, 4.69) is 16.4 Å². The minimum Gasteiger partial charge on any atom is -0.423 e. The second-order valence-electron chi connectivity index (χ2n) is 9.63. The fourth-order valence-electron chi connectivity index (χ4n) is 3.30. The van der Waals surface area contributed by atoms with Crippen molar-refractivity contribution in [1.82, 2.24) is 20.4 Å². The van der Waals surface area contributed by atoms with Gasteiger partial charge in [-0.05, 0) is 66.7 Å². The molecular weight excluding hydrogens is 671 g/mol. The molecule has 4 N–H and O–H groups in total. The van der Waals surface area contributed by atoms with E-state index >= 15 is 0 Å². The van der Waals surface area contributed by atoms with Crippen molar-refractivity contribution in [3.63, 3.8) is 0 Å². The van der Waals surface area contributed by atoms with Gasteiger partial charge >= 0.3 is 13.1 Å². The summed E-state index contributed by atoms with van der Waals surface area (Å²) in [5.74, 6) is -2.44. The van der Waals surface area contributed by atoms with Crippen LogP contribution in [0.5, 0.6) is 0 Å². The monoisotopic (exact) mass is 708 g/mol. The first-order valence-electron chi connectivity index (χ1n) is 14.1. The molecule has 0 aliphatic carbocycles. The molecule has 0 radical (unpaired) electrons. The number of hydroxylamine groups is 3. The van der Waals surface area contributed by atoms with Gasteiger partial charge in [-0.2, -0.15) is 0 Å². The Morgan fingerprint density at radius 1 is 0.878 bits per heavy atom. The van der Waals surface area contributed by atoms with Crippen LogP contribution in [0.25, 0.3) is 0 Å². The number of aromatic nitrogens is 1. The summed E-state index contributed by atoms with van der Waals surface area (Å²) >= 11 is 0. The van der Waals surface area contributed by atoms with Gasteiger partial charge in [-0.1, -0.05) is 76.0 Å². The highest BCUT2D eigenvalue weighted by molar-refractivity contribution is 8.76. The van der Waals surface area contributed by atoms with Crippen LogP contribution >= 0.6 is 21.6 Å². The molecule has 0 saturated heterocycles. The van der Waals surface area contributed by atoms with Crippen LogP contribution in [-0.2, 0) is 24.0 Å².